The van der Waals surface area contributed by atoms with E-state index in [1.807, 2.05) is 30.8 Å². The van der Waals surface area contributed by atoms with Gasteiger partial charge < -0.3 is 15.0 Å². The van der Waals surface area contributed by atoms with E-state index in [1.165, 1.54) is 0 Å². The van der Waals surface area contributed by atoms with Gasteiger partial charge in [0.15, 0.2) is 0 Å². The van der Waals surface area contributed by atoms with Crippen molar-refractivity contribution in [1.29, 1.82) is 5.26 Å². The zero-order valence-corrected chi connectivity index (χ0v) is 9.20. The molecule has 15 heavy (non-hydrogen) atoms. The normalized spacial score (nSPS) is 12.4. The molecular weight excluding hydrogens is 190 g/mol. The molecule has 0 aliphatic rings. The van der Waals surface area contributed by atoms with Crippen LogP contribution in [0.5, 0.6) is 0 Å². The number of nitriles is 1. The van der Waals surface area contributed by atoms with Crippen LogP contribution in [0.25, 0.3) is 0 Å². The first-order valence-corrected chi connectivity index (χ1v) is 5.04. The van der Waals surface area contributed by atoms with Crippen LogP contribution in [0.15, 0.2) is 12.3 Å². The Morgan fingerprint density at radius 2 is 2.40 bits per heavy atom. The van der Waals surface area contributed by atoms with E-state index in [0.29, 0.717) is 5.69 Å². The minimum absolute atomic E-state index is 0.200. The van der Waals surface area contributed by atoms with Crippen LogP contribution in [0.1, 0.15) is 18.2 Å². The van der Waals surface area contributed by atoms with Crippen LogP contribution in [0.3, 0.4) is 0 Å². The Hall–Kier alpha value is -1.31. The van der Waals surface area contributed by atoms with Crippen LogP contribution in [0, 0.1) is 17.2 Å². The van der Waals surface area contributed by atoms with Gasteiger partial charge in [0.25, 0.3) is 0 Å². The Kier molecular flexibility index (Phi) is 4.35. The van der Waals surface area contributed by atoms with E-state index < -0.39 is 0 Å². The minimum atomic E-state index is 0.200. The number of hydrogen-bond donors (Lipinski definition) is 2. The Morgan fingerprint density at radius 1 is 1.67 bits per heavy atom. The molecule has 0 fully saturated rings. The van der Waals surface area contributed by atoms with Gasteiger partial charge in [-0.3, -0.25) is 0 Å². The quantitative estimate of drug-likeness (QED) is 0.744. The van der Waals surface area contributed by atoms with Gasteiger partial charge in [-0.15, -0.1) is 0 Å². The Morgan fingerprint density at radius 3 is 2.93 bits per heavy atom. The predicted molar refractivity (Wildman–Crippen MR) is 58.1 cm³/mol. The van der Waals surface area contributed by atoms with Crippen molar-refractivity contribution in [3.05, 3.63) is 23.5 Å². The minimum Gasteiger partial charge on any atom is -0.396 e. The molecule has 1 aromatic rings. The van der Waals surface area contributed by atoms with Crippen LogP contribution in [-0.2, 0) is 13.6 Å². The molecule has 4 nitrogen and oxygen atoms in total. The molecule has 0 aliphatic heterocycles. The standard InChI is InChI=1S/C11H17N3O/c1-9(8-15)5-13-6-10-3-11(4-12)14(2)7-10/h3,7,9,13,15H,5-6,8H2,1-2H3. The molecule has 0 bridgehead atoms. The maximum Gasteiger partial charge on any atom is 0.120 e. The van der Waals surface area contributed by atoms with E-state index in [-0.39, 0.29) is 12.5 Å². The molecule has 0 aromatic carbocycles. The van der Waals surface area contributed by atoms with Crippen molar-refractivity contribution in [1.82, 2.24) is 9.88 Å². The fourth-order valence-corrected chi connectivity index (χ4v) is 1.37. The lowest BCUT2D eigenvalue weighted by Crippen LogP contribution is -2.22. The average molecular weight is 207 g/mol. The lowest BCUT2D eigenvalue weighted by Gasteiger charge is -2.08. The van der Waals surface area contributed by atoms with Crippen molar-refractivity contribution in [3.8, 4) is 6.07 Å². The molecule has 1 heterocycles. The van der Waals surface area contributed by atoms with Gasteiger partial charge in [0.2, 0.25) is 0 Å². The number of nitrogens with zero attached hydrogens (tertiary/aromatic N) is 2. The largest absolute Gasteiger partial charge is 0.396 e. The van der Waals surface area contributed by atoms with Crippen molar-refractivity contribution in [2.75, 3.05) is 13.2 Å². The van der Waals surface area contributed by atoms with Crippen molar-refractivity contribution in [3.63, 3.8) is 0 Å². The van der Waals surface area contributed by atoms with Gasteiger partial charge in [0, 0.05) is 32.9 Å². The molecule has 0 saturated carbocycles. The molecule has 1 atom stereocenters. The Balaban J connectivity index is 2.42. The maximum absolute atomic E-state index is 8.83. The van der Waals surface area contributed by atoms with Crippen LogP contribution in [0.2, 0.25) is 0 Å². The molecule has 0 amide bonds. The van der Waals surface area contributed by atoms with Crippen molar-refractivity contribution < 1.29 is 5.11 Å². The number of aryl methyl sites for hydroxylation is 1. The van der Waals surface area contributed by atoms with Gasteiger partial charge >= 0.3 is 0 Å². The van der Waals surface area contributed by atoms with Crippen molar-refractivity contribution in [2.24, 2.45) is 13.0 Å². The van der Waals surface area contributed by atoms with E-state index in [2.05, 4.69) is 11.4 Å². The number of hydrogen-bond acceptors (Lipinski definition) is 3. The van der Waals surface area contributed by atoms with Crippen LogP contribution >= 0.6 is 0 Å². The highest BCUT2D eigenvalue weighted by molar-refractivity contribution is 5.28. The molecule has 1 unspecified atom stereocenters. The highest BCUT2D eigenvalue weighted by Crippen LogP contribution is 2.05. The molecule has 1 aromatic heterocycles. The second-order valence-corrected chi connectivity index (χ2v) is 3.87. The molecule has 82 valence electrons. The summed E-state index contributed by atoms with van der Waals surface area (Å²) in [5.74, 6) is 0.268. The summed E-state index contributed by atoms with van der Waals surface area (Å²) in [4.78, 5) is 0. The summed E-state index contributed by atoms with van der Waals surface area (Å²) in [6, 6.07) is 3.99. The van der Waals surface area contributed by atoms with Gasteiger partial charge in [-0.05, 0) is 17.5 Å². The highest BCUT2D eigenvalue weighted by atomic mass is 16.3. The molecule has 4 heteroatoms. The van der Waals surface area contributed by atoms with Crippen molar-refractivity contribution >= 4 is 0 Å². The topological polar surface area (TPSA) is 61.0 Å². The summed E-state index contributed by atoms with van der Waals surface area (Å²) < 4.78 is 1.81. The van der Waals surface area contributed by atoms with E-state index in [1.54, 1.807) is 0 Å². The van der Waals surface area contributed by atoms with Crippen molar-refractivity contribution in [2.45, 2.75) is 13.5 Å². The number of nitrogens with one attached hydrogen (secondary N) is 1. The molecular formula is C11H17N3O. The molecule has 2 N–H and O–H groups in total. The SMILES string of the molecule is CC(CO)CNCc1cc(C#N)n(C)c1. The highest BCUT2D eigenvalue weighted by Gasteiger charge is 2.03. The van der Waals surface area contributed by atoms with Gasteiger partial charge in [-0.1, -0.05) is 6.92 Å². The Bertz CT molecular complexity index is 351. The third-order valence-corrected chi connectivity index (χ3v) is 2.31. The van der Waals surface area contributed by atoms with Gasteiger partial charge in [0.1, 0.15) is 11.8 Å². The third-order valence-electron chi connectivity index (χ3n) is 2.31. The molecule has 0 aliphatic carbocycles. The smallest absolute Gasteiger partial charge is 0.120 e. The van der Waals surface area contributed by atoms with E-state index >= 15 is 0 Å². The molecule has 0 spiro atoms. The molecule has 0 saturated heterocycles. The Labute approximate surface area is 90.1 Å². The molecule has 0 radical (unpaired) electrons. The summed E-state index contributed by atoms with van der Waals surface area (Å²) in [6.07, 6.45) is 1.94. The van der Waals surface area contributed by atoms with Crippen LogP contribution in [0.4, 0.5) is 0 Å². The third kappa shape index (κ3) is 3.39. The number of aliphatic hydroxyl groups excluding tert-OH is 1. The second-order valence-electron chi connectivity index (χ2n) is 3.87. The monoisotopic (exact) mass is 207 g/mol. The predicted octanol–water partition coefficient (Wildman–Crippen LogP) is 0.615. The van der Waals surface area contributed by atoms with Gasteiger partial charge in [-0.25, -0.2) is 0 Å². The number of aromatic nitrogens is 1. The second kappa shape index (κ2) is 5.54. The summed E-state index contributed by atoms with van der Waals surface area (Å²) >= 11 is 0. The first-order chi connectivity index (χ1) is 7.17. The maximum atomic E-state index is 8.83. The average Bonchev–Trinajstić information content (AvgIpc) is 2.58. The summed E-state index contributed by atoms with van der Waals surface area (Å²) in [5.41, 5.74) is 1.76. The first kappa shape index (κ1) is 11.8. The van der Waals surface area contributed by atoms with Gasteiger partial charge in [0.05, 0.1) is 0 Å². The van der Waals surface area contributed by atoms with E-state index in [4.69, 9.17) is 10.4 Å². The fourth-order valence-electron chi connectivity index (χ4n) is 1.37. The number of aliphatic hydroxyl groups is 1. The van der Waals surface area contributed by atoms with E-state index in [9.17, 15) is 0 Å². The first-order valence-electron chi connectivity index (χ1n) is 5.04. The zero-order valence-electron chi connectivity index (χ0n) is 9.20. The lowest BCUT2D eigenvalue weighted by molar-refractivity contribution is 0.233. The van der Waals surface area contributed by atoms with E-state index in [0.717, 1.165) is 18.7 Å². The summed E-state index contributed by atoms with van der Waals surface area (Å²) in [5, 5.41) is 20.8. The molecule has 1 rings (SSSR count). The van der Waals surface area contributed by atoms with Crippen LogP contribution < -0.4 is 5.32 Å². The summed E-state index contributed by atoms with van der Waals surface area (Å²) in [6.45, 7) is 3.71. The number of rotatable bonds is 5. The van der Waals surface area contributed by atoms with Gasteiger partial charge in [-0.2, -0.15) is 5.26 Å². The van der Waals surface area contributed by atoms with Crippen LogP contribution in [-0.4, -0.2) is 22.8 Å². The lowest BCUT2D eigenvalue weighted by atomic mass is 10.2. The fraction of sp³-hybridized carbons (Fsp3) is 0.545. The summed E-state index contributed by atoms with van der Waals surface area (Å²) in [7, 11) is 1.86. The zero-order chi connectivity index (χ0) is 11.3.